The number of benzene rings is 2. The molecule has 3 heterocycles. The predicted octanol–water partition coefficient (Wildman–Crippen LogP) is 5.60. The van der Waals surface area contributed by atoms with Crippen molar-refractivity contribution in [1.29, 1.82) is 0 Å². The Labute approximate surface area is 202 Å². The molecule has 5 nitrogen and oxygen atoms in total. The maximum atomic E-state index is 15.6. The summed E-state index contributed by atoms with van der Waals surface area (Å²) >= 11 is 1.71. The minimum absolute atomic E-state index is 0.122. The summed E-state index contributed by atoms with van der Waals surface area (Å²) in [5, 5.41) is 9.58. The van der Waals surface area contributed by atoms with Gasteiger partial charge in [-0.15, -0.1) is 0 Å². The van der Waals surface area contributed by atoms with E-state index in [0.717, 1.165) is 34.9 Å². The monoisotopic (exact) mass is 475 g/mol. The van der Waals surface area contributed by atoms with E-state index in [0.29, 0.717) is 29.3 Å². The van der Waals surface area contributed by atoms with Crippen LogP contribution in [0.25, 0.3) is 0 Å². The maximum absolute atomic E-state index is 15.6. The number of para-hydroxylation sites is 1. The number of anilines is 2. The molecule has 4 aliphatic rings. The zero-order chi connectivity index (χ0) is 23.4. The molecule has 1 unspecified atom stereocenters. The average molecular weight is 476 g/mol. The van der Waals surface area contributed by atoms with Gasteiger partial charge in [-0.3, -0.25) is 4.99 Å². The molecule has 2 fully saturated rings. The maximum Gasteiger partial charge on any atom is 0.335 e. The van der Waals surface area contributed by atoms with Crippen LogP contribution in [0.2, 0.25) is 0 Å². The number of carboxylic acids is 1. The largest absolute Gasteiger partial charge is 0.478 e. The molecule has 174 valence electrons. The van der Waals surface area contributed by atoms with Gasteiger partial charge < -0.3 is 10.0 Å². The van der Waals surface area contributed by atoms with Gasteiger partial charge in [0.15, 0.2) is 0 Å². The number of aliphatic imine (C=N–C) groups is 1. The van der Waals surface area contributed by atoms with E-state index in [-0.39, 0.29) is 11.4 Å². The van der Waals surface area contributed by atoms with Crippen molar-refractivity contribution in [3.05, 3.63) is 77.1 Å². The summed E-state index contributed by atoms with van der Waals surface area (Å²) in [4.78, 5) is 19.5. The van der Waals surface area contributed by atoms with Crippen molar-refractivity contribution in [1.82, 2.24) is 4.31 Å². The van der Waals surface area contributed by atoms with Crippen LogP contribution < -0.4 is 4.90 Å². The molecule has 0 aromatic heterocycles. The van der Waals surface area contributed by atoms with Gasteiger partial charge in [0.25, 0.3) is 0 Å². The summed E-state index contributed by atoms with van der Waals surface area (Å²) < 4.78 is 18.1. The summed E-state index contributed by atoms with van der Waals surface area (Å²) in [6, 6.07) is 14.0. The third-order valence-corrected chi connectivity index (χ3v) is 8.44. The lowest BCUT2D eigenvalue weighted by molar-refractivity contribution is -0.132. The second-order valence-electron chi connectivity index (χ2n) is 9.87. The van der Waals surface area contributed by atoms with Crippen LogP contribution in [0.1, 0.15) is 31.7 Å². The first-order valence-corrected chi connectivity index (χ1v) is 12.5. The third kappa shape index (κ3) is 3.87. The number of allylic oxidation sites excluding steroid dienone is 1. The van der Waals surface area contributed by atoms with Gasteiger partial charge in [-0.1, -0.05) is 23.8 Å². The number of rotatable bonds is 3. The Hall–Kier alpha value is -2.90. The predicted molar refractivity (Wildman–Crippen MR) is 133 cm³/mol. The van der Waals surface area contributed by atoms with Gasteiger partial charge in [-0.05, 0) is 80.0 Å². The number of aliphatic carboxylic acids is 1. The first-order chi connectivity index (χ1) is 16.4. The Kier molecular flexibility index (Phi) is 5.15. The van der Waals surface area contributed by atoms with Crippen LogP contribution in [0.5, 0.6) is 0 Å². The first kappa shape index (κ1) is 21.6. The Morgan fingerprint density at radius 2 is 2.00 bits per heavy atom. The fraction of sp³-hybridized carbons (Fsp3) is 0.333. The molecule has 0 amide bonds. The standard InChI is InChI=1S/C27H26FN3O2S/c1-17-9-18(26(32)33)10-23(29-14-17)21-11-25-24(12-22(21)28)30(19-5-3-2-4-6-19)15-20-13-27(7-8-27)16-31(20)34-25/h2-6,9-12,20H,7-8,13-16H2,1H3,(H,32,33). The molecule has 1 N–H and O–H groups in total. The Balaban J connectivity index is 1.46. The van der Waals surface area contributed by atoms with Crippen LogP contribution in [-0.4, -0.2) is 46.8 Å². The number of hydrogen-bond donors (Lipinski definition) is 1. The summed E-state index contributed by atoms with van der Waals surface area (Å²) in [7, 11) is 0. The van der Waals surface area contributed by atoms with E-state index in [1.807, 2.05) is 31.2 Å². The highest BCUT2D eigenvalue weighted by Gasteiger charge is 2.53. The van der Waals surface area contributed by atoms with Crippen LogP contribution in [0.3, 0.4) is 0 Å². The Morgan fingerprint density at radius 1 is 1.21 bits per heavy atom. The molecule has 0 bridgehead atoms. The van der Waals surface area contributed by atoms with Crippen molar-refractivity contribution in [3.63, 3.8) is 0 Å². The van der Waals surface area contributed by atoms with Gasteiger partial charge in [0, 0.05) is 35.3 Å². The number of fused-ring (bicyclic) bond motifs is 2. The average Bonchev–Trinajstić information content (AvgIpc) is 3.55. The number of nitrogens with zero attached hydrogens (tertiary/aromatic N) is 3. The van der Waals surface area contributed by atoms with Crippen molar-refractivity contribution in [2.45, 2.75) is 37.1 Å². The molecule has 1 atom stereocenters. The Morgan fingerprint density at radius 3 is 2.74 bits per heavy atom. The van der Waals surface area contributed by atoms with Crippen molar-refractivity contribution in [2.75, 3.05) is 24.5 Å². The van der Waals surface area contributed by atoms with E-state index in [1.54, 1.807) is 24.1 Å². The summed E-state index contributed by atoms with van der Waals surface area (Å²) in [6.45, 7) is 4.06. The topological polar surface area (TPSA) is 56.1 Å². The molecular formula is C27H26FN3O2S. The zero-order valence-electron chi connectivity index (χ0n) is 19.0. The quantitative estimate of drug-likeness (QED) is 0.586. The fourth-order valence-corrected chi connectivity index (χ4v) is 6.59. The van der Waals surface area contributed by atoms with Crippen LogP contribution in [0.4, 0.5) is 15.8 Å². The van der Waals surface area contributed by atoms with Gasteiger partial charge in [-0.25, -0.2) is 13.5 Å². The first-order valence-electron chi connectivity index (χ1n) is 11.7. The Bertz CT molecular complexity index is 1270. The lowest BCUT2D eigenvalue weighted by Crippen LogP contribution is -2.32. The molecule has 1 spiro atoms. The van der Waals surface area contributed by atoms with Gasteiger partial charge in [-0.2, -0.15) is 0 Å². The van der Waals surface area contributed by atoms with Crippen LogP contribution in [0.15, 0.2) is 75.7 Å². The SMILES string of the molecule is CC1=CC(C(=O)O)=CC(c2cc3c(cc2F)N(c2ccccc2)CC2CC4(CC4)CN2S3)=NC1. The zero-order valence-corrected chi connectivity index (χ0v) is 19.8. The van der Waals surface area contributed by atoms with Crippen molar-refractivity contribution in [2.24, 2.45) is 10.4 Å². The second kappa shape index (κ2) is 8.10. The van der Waals surface area contributed by atoms with E-state index >= 15 is 4.39 Å². The molecule has 2 aromatic carbocycles. The lowest BCUT2D eigenvalue weighted by atomic mass is 10.0. The van der Waals surface area contributed by atoms with Crippen LogP contribution in [-0.2, 0) is 4.79 Å². The van der Waals surface area contributed by atoms with Crippen LogP contribution >= 0.6 is 11.9 Å². The molecule has 2 aromatic rings. The minimum atomic E-state index is -1.04. The molecule has 1 aliphatic carbocycles. The highest BCUT2D eigenvalue weighted by Crippen LogP contribution is 2.58. The minimum Gasteiger partial charge on any atom is -0.478 e. The number of halogens is 1. The van der Waals surface area contributed by atoms with E-state index in [2.05, 4.69) is 26.3 Å². The van der Waals surface area contributed by atoms with Crippen molar-refractivity contribution >= 4 is 35.0 Å². The molecule has 34 heavy (non-hydrogen) atoms. The van der Waals surface area contributed by atoms with E-state index < -0.39 is 5.97 Å². The van der Waals surface area contributed by atoms with Crippen molar-refractivity contribution < 1.29 is 14.3 Å². The highest BCUT2D eigenvalue weighted by atomic mass is 32.2. The molecule has 0 radical (unpaired) electrons. The van der Waals surface area contributed by atoms with Crippen LogP contribution in [0, 0.1) is 11.2 Å². The van der Waals surface area contributed by atoms with E-state index in [1.165, 1.54) is 25.3 Å². The van der Waals surface area contributed by atoms with Gasteiger partial charge >= 0.3 is 5.97 Å². The second-order valence-corrected chi connectivity index (χ2v) is 11.0. The summed E-state index contributed by atoms with van der Waals surface area (Å²) in [5.41, 5.74) is 4.03. The molecule has 1 saturated heterocycles. The van der Waals surface area contributed by atoms with E-state index in [4.69, 9.17) is 0 Å². The lowest BCUT2D eigenvalue weighted by Gasteiger charge is -2.28. The fourth-order valence-electron chi connectivity index (χ4n) is 5.28. The summed E-state index contributed by atoms with van der Waals surface area (Å²) in [5.74, 6) is -1.43. The smallest absolute Gasteiger partial charge is 0.335 e. The highest BCUT2D eigenvalue weighted by molar-refractivity contribution is 7.97. The molecule has 1 saturated carbocycles. The van der Waals surface area contributed by atoms with E-state index in [9.17, 15) is 9.90 Å². The van der Waals surface area contributed by atoms with Gasteiger partial charge in [0.1, 0.15) is 5.82 Å². The normalized spacial score (nSPS) is 23.3. The number of carbonyl (C=O) groups is 1. The molecule has 6 rings (SSSR count). The van der Waals surface area contributed by atoms with Gasteiger partial charge in [0.2, 0.25) is 0 Å². The van der Waals surface area contributed by atoms with Crippen molar-refractivity contribution in [3.8, 4) is 0 Å². The van der Waals surface area contributed by atoms with Gasteiger partial charge in [0.05, 0.1) is 23.5 Å². The molecule has 7 heteroatoms. The third-order valence-electron chi connectivity index (χ3n) is 7.26. The number of carboxylic acid groups (broad SMARTS) is 1. The number of hydrogen-bond acceptors (Lipinski definition) is 5. The molecule has 3 aliphatic heterocycles. The summed E-state index contributed by atoms with van der Waals surface area (Å²) in [6.07, 6.45) is 6.85. The molecular weight excluding hydrogens is 449 g/mol.